The third kappa shape index (κ3) is 3.56. The van der Waals surface area contributed by atoms with Crippen molar-refractivity contribution in [2.45, 2.75) is 32.6 Å². The van der Waals surface area contributed by atoms with Gasteiger partial charge in [0.25, 0.3) is 5.56 Å². The van der Waals surface area contributed by atoms with Crippen molar-refractivity contribution in [3.8, 4) is 10.4 Å². The van der Waals surface area contributed by atoms with Crippen LogP contribution in [0.1, 0.15) is 19.7 Å². The Morgan fingerprint density at radius 1 is 1.27 bits per heavy atom. The van der Waals surface area contributed by atoms with Crippen LogP contribution < -0.4 is 5.56 Å². The maximum atomic E-state index is 13.1. The van der Waals surface area contributed by atoms with Crippen molar-refractivity contribution in [3.05, 3.63) is 52.3 Å². The molecule has 3 aromatic rings. The average Bonchev–Trinajstić information content (AvgIpc) is 2.99. The number of aromatic amines is 1. The highest BCUT2D eigenvalue weighted by atomic mass is 32.1. The zero-order chi connectivity index (χ0) is 18.3. The molecule has 136 valence electrons. The first-order valence-corrected chi connectivity index (χ1v) is 9.46. The normalized spacial score (nSPS) is 21.3. The molecular weight excluding hydrogens is 353 g/mol. The molecule has 0 amide bonds. The molecular formula is C19H20FN3O2S. The quantitative estimate of drug-likeness (QED) is 0.764. The van der Waals surface area contributed by atoms with E-state index in [1.165, 1.54) is 23.5 Å². The summed E-state index contributed by atoms with van der Waals surface area (Å²) < 4.78 is 19.5. The van der Waals surface area contributed by atoms with Crippen LogP contribution in [0.5, 0.6) is 0 Å². The van der Waals surface area contributed by atoms with Crippen molar-refractivity contribution in [2.24, 2.45) is 0 Å². The van der Waals surface area contributed by atoms with Gasteiger partial charge in [0.05, 0.1) is 24.3 Å². The van der Waals surface area contributed by atoms with E-state index in [1.54, 1.807) is 12.1 Å². The van der Waals surface area contributed by atoms with Crippen molar-refractivity contribution in [3.63, 3.8) is 0 Å². The van der Waals surface area contributed by atoms with E-state index in [9.17, 15) is 9.18 Å². The molecule has 0 radical (unpaired) electrons. The average molecular weight is 373 g/mol. The number of nitrogens with one attached hydrogen (secondary N) is 1. The second-order valence-corrected chi connectivity index (χ2v) is 7.85. The van der Waals surface area contributed by atoms with Crippen molar-refractivity contribution in [2.75, 3.05) is 13.1 Å². The van der Waals surface area contributed by atoms with Gasteiger partial charge in [-0.05, 0) is 37.6 Å². The Hall–Kier alpha value is -2.09. The number of nitrogens with zero attached hydrogens (tertiary/aromatic N) is 2. The van der Waals surface area contributed by atoms with E-state index in [-0.39, 0.29) is 23.6 Å². The highest BCUT2D eigenvalue weighted by molar-refractivity contribution is 7.22. The van der Waals surface area contributed by atoms with E-state index >= 15 is 0 Å². The molecule has 26 heavy (non-hydrogen) atoms. The highest BCUT2D eigenvalue weighted by Crippen LogP contribution is 2.31. The van der Waals surface area contributed by atoms with Crippen LogP contribution >= 0.6 is 11.3 Å². The lowest BCUT2D eigenvalue weighted by Gasteiger charge is -2.34. The number of thiophene rings is 1. The fourth-order valence-electron chi connectivity index (χ4n) is 3.44. The molecule has 1 aliphatic rings. The topological polar surface area (TPSA) is 58.2 Å². The number of halogens is 1. The summed E-state index contributed by atoms with van der Waals surface area (Å²) in [5.41, 5.74) is 1.44. The summed E-state index contributed by atoms with van der Waals surface area (Å²) in [5, 5.41) is 0. The first-order valence-electron chi connectivity index (χ1n) is 8.64. The van der Waals surface area contributed by atoms with Gasteiger partial charge in [-0.1, -0.05) is 12.1 Å². The van der Waals surface area contributed by atoms with Crippen LogP contribution in [0.15, 0.2) is 35.1 Å². The maximum Gasteiger partial charge on any atom is 0.268 e. The van der Waals surface area contributed by atoms with Gasteiger partial charge in [0.1, 0.15) is 16.3 Å². The van der Waals surface area contributed by atoms with Gasteiger partial charge >= 0.3 is 0 Å². The maximum absolute atomic E-state index is 13.1. The molecule has 2 atom stereocenters. The first kappa shape index (κ1) is 17.3. The Morgan fingerprint density at radius 2 is 1.96 bits per heavy atom. The predicted octanol–water partition coefficient (Wildman–Crippen LogP) is 3.40. The van der Waals surface area contributed by atoms with E-state index in [1.807, 2.05) is 6.07 Å². The predicted molar refractivity (Wildman–Crippen MR) is 101 cm³/mol. The van der Waals surface area contributed by atoms with Crippen LogP contribution in [-0.2, 0) is 11.3 Å². The molecule has 1 fully saturated rings. The van der Waals surface area contributed by atoms with Crippen LogP contribution in [0, 0.1) is 5.82 Å². The number of morpholine rings is 1. The van der Waals surface area contributed by atoms with Crippen LogP contribution in [-0.4, -0.2) is 40.2 Å². The fourth-order valence-corrected chi connectivity index (χ4v) is 4.44. The molecule has 7 heteroatoms. The van der Waals surface area contributed by atoms with Gasteiger partial charge in [-0.25, -0.2) is 9.37 Å². The number of aromatic nitrogens is 2. The summed E-state index contributed by atoms with van der Waals surface area (Å²) in [4.78, 5) is 23.2. The number of H-pyrrole nitrogens is 1. The molecule has 0 bridgehead atoms. The third-order valence-corrected chi connectivity index (χ3v) is 5.60. The first-order chi connectivity index (χ1) is 12.5. The molecule has 5 nitrogen and oxygen atoms in total. The van der Waals surface area contributed by atoms with Gasteiger partial charge in [0.15, 0.2) is 0 Å². The Balaban J connectivity index is 1.64. The number of hydrogen-bond acceptors (Lipinski definition) is 5. The zero-order valence-corrected chi connectivity index (χ0v) is 15.5. The van der Waals surface area contributed by atoms with Crippen LogP contribution in [0.25, 0.3) is 20.7 Å². The molecule has 0 saturated carbocycles. The van der Waals surface area contributed by atoms with E-state index in [0.29, 0.717) is 22.6 Å². The van der Waals surface area contributed by atoms with Gasteiger partial charge in [-0.15, -0.1) is 11.3 Å². The van der Waals surface area contributed by atoms with Crippen molar-refractivity contribution >= 4 is 21.6 Å². The van der Waals surface area contributed by atoms with Gasteiger partial charge in [-0.3, -0.25) is 9.69 Å². The standard InChI is InChI=1S/C19H20FN3O2S/c1-11-8-23(9-12(2)25-11)10-17-21-15-7-16(26-18(15)19(24)22-17)13-3-5-14(20)6-4-13/h3-7,11-12H,8-10H2,1-2H3,(H,21,22,24)/t11-,12-/m1/s1. The number of ether oxygens (including phenoxy) is 1. The second kappa shape index (κ2) is 6.90. The smallest absolute Gasteiger partial charge is 0.268 e. The molecule has 2 aromatic heterocycles. The Morgan fingerprint density at radius 3 is 2.65 bits per heavy atom. The van der Waals surface area contributed by atoms with Gasteiger partial charge in [-0.2, -0.15) is 0 Å². The molecule has 1 saturated heterocycles. The minimum Gasteiger partial charge on any atom is -0.373 e. The van der Waals surface area contributed by atoms with Crippen LogP contribution in [0.4, 0.5) is 4.39 Å². The molecule has 1 aliphatic heterocycles. The Kier molecular flexibility index (Phi) is 4.60. The Labute approximate surface area is 154 Å². The Bertz CT molecular complexity index is 973. The van der Waals surface area contributed by atoms with Crippen molar-refractivity contribution < 1.29 is 9.13 Å². The SMILES string of the molecule is C[C@@H]1CN(Cc2nc3cc(-c4ccc(F)cc4)sc3c(=O)[nH]2)C[C@@H](C)O1. The molecule has 3 heterocycles. The third-order valence-electron chi connectivity index (χ3n) is 4.43. The molecule has 4 rings (SSSR count). The lowest BCUT2D eigenvalue weighted by atomic mass is 10.2. The van der Waals surface area contributed by atoms with E-state index in [0.717, 1.165) is 23.5 Å². The largest absolute Gasteiger partial charge is 0.373 e. The molecule has 0 unspecified atom stereocenters. The molecule has 1 N–H and O–H groups in total. The second-order valence-electron chi connectivity index (χ2n) is 6.80. The number of fused-ring (bicyclic) bond motifs is 1. The van der Waals surface area contributed by atoms with E-state index in [2.05, 4.69) is 28.7 Å². The van der Waals surface area contributed by atoms with Crippen molar-refractivity contribution in [1.82, 2.24) is 14.9 Å². The summed E-state index contributed by atoms with van der Waals surface area (Å²) in [5.74, 6) is 0.384. The summed E-state index contributed by atoms with van der Waals surface area (Å²) in [6, 6.07) is 8.17. The summed E-state index contributed by atoms with van der Waals surface area (Å²) in [6.45, 7) is 6.32. The van der Waals surface area contributed by atoms with Gasteiger partial charge < -0.3 is 9.72 Å². The lowest BCUT2D eigenvalue weighted by Crippen LogP contribution is -2.45. The van der Waals surface area contributed by atoms with Crippen LogP contribution in [0.3, 0.4) is 0 Å². The summed E-state index contributed by atoms with van der Waals surface area (Å²) in [6.07, 6.45) is 0.334. The van der Waals surface area contributed by atoms with E-state index < -0.39 is 0 Å². The minimum atomic E-state index is -0.276. The number of rotatable bonds is 3. The van der Waals surface area contributed by atoms with E-state index in [4.69, 9.17) is 4.74 Å². The minimum absolute atomic E-state index is 0.127. The molecule has 1 aromatic carbocycles. The highest BCUT2D eigenvalue weighted by Gasteiger charge is 2.23. The molecule has 0 aliphatic carbocycles. The van der Waals surface area contributed by atoms with Crippen LogP contribution in [0.2, 0.25) is 0 Å². The summed E-state index contributed by atoms with van der Waals surface area (Å²) >= 11 is 1.38. The summed E-state index contributed by atoms with van der Waals surface area (Å²) in [7, 11) is 0. The lowest BCUT2D eigenvalue weighted by molar-refractivity contribution is -0.0710. The van der Waals surface area contributed by atoms with Gasteiger partial charge in [0.2, 0.25) is 0 Å². The number of hydrogen-bond donors (Lipinski definition) is 1. The zero-order valence-electron chi connectivity index (χ0n) is 14.7. The fraction of sp³-hybridized carbons (Fsp3) is 0.368. The monoisotopic (exact) mass is 373 g/mol. The number of benzene rings is 1. The van der Waals surface area contributed by atoms with Gasteiger partial charge in [0, 0.05) is 18.0 Å². The molecule has 0 spiro atoms. The van der Waals surface area contributed by atoms with Crippen molar-refractivity contribution in [1.29, 1.82) is 0 Å².